The van der Waals surface area contributed by atoms with Gasteiger partial charge in [0.25, 0.3) is 5.91 Å². The highest BCUT2D eigenvalue weighted by molar-refractivity contribution is 6.25. The van der Waals surface area contributed by atoms with E-state index in [1.807, 2.05) is 18.2 Å². The van der Waals surface area contributed by atoms with E-state index >= 15 is 0 Å². The SMILES string of the molecule is CC(C)(C)OC(=O)N1C(=O)[C@@](c2ccccc2)([C@@H]2CC(=O)N(C3CCCCC3)C2=O)c2ccccc21. The number of likely N-dealkylation sites (tertiary alicyclic amines) is 1. The smallest absolute Gasteiger partial charge is 0.421 e. The van der Waals surface area contributed by atoms with Gasteiger partial charge >= 0.3 is 6.09 Å². The van der Waals surface area contributed by atoms with Crippen molar-refractivity contribution in [3.63, 3.8) is 0 Å². The number of ether oxygens (including phenoxy) is 1. The molecule has 36 heavy (non-hydrogen) atoms. The second kappa shape index (κ2) is 8.87. The van der Waals surface area contributed by atoms with Gasteiger partial charge in [-0.15, -0.1) is 0 Å². The summed E-state index contributed by atoms with van der Waals surface area (Å²) in [5.74, 6) is -2.07. The molecular formula is C29H32N2O5. The summed E-state index contributed by atoms with van der Waals surface area (Å²) in [7, 11) is 0. The Morgan fingerprint density at radius 1 is 0.917 bits per heavy atom. The summed E-state index contributed by atoms with van der Waals surface area (Å²) in [6.07, 6.45) is 3.76. The third-order valence-electron chi connectivity index (χ3n) is 7.56. The molecule has 7 nitrogen and oxygen atoms in total. The lowest BCUT2D eigenvalue weighted by Crippen LogP contribution is -2.52. The summed E-state index contributed by atoms with van der Waals surface area (Å²) >= 11 is 0. The number of anilines is 1. The number of imide groups is 2. The first kappa shape index (κ1) is 24.2. The minimum Gasteiger partial charge on any atom is -0.443 e. The molecule has 0 radical (unpaired) electrons. The van der Waals surface area contributed by atoms with Gasteiger partial charge in [-0.3, -0.25) is 19.3 Å². The molecule has 0 spiro atoms. The number of para-hydroxylation sites is 1. The van der Waals surface area contributed by atoms with Crippen molar-refractivity contribution in [2.45, 2.75) is 76.4 Å². The van der Waals surface area contributed by atoms with Crippen molar-refractivity contribution in [1.29, 1.82) is 0 Å². The predicted molar refractivity (Wildman–Crippen MR) is 134 cm³/mol. The maximum atomic E-state index is 14.5. The molecule has 1 aliphatic carbocycles. The molecule has 0 unspecified atom stereocenters. The van der Waals surface area contributed by atoms with E-state index in [2.05, 4.69) is 0 Å². The van der Waals surface area contributed by atoms with E-state index in [1.165, 1.54) is 4.90 Å². The van der Waals surface area contributed by atoms with Crippen molar-refractivity contribution >= 4 is 29.5 Å². The average molecular weight is 489 g/mol. The topological polar surface area (TPSA) is 84.0 Å². The first-order valence-corrected chi connectivity index (χ1v) is 12.7. The van der Waals surface area contributed by atoms with Crippen LogP contribution in [-0.4, -0.2) is 40.4 Å². The van der Waals surface area contributed by atoms with Crippen LogP contribution >= 0.6 is 0 Å². The number of carbonyl (C=O) groups excluding carboxylic acids is 4. The maximum absolute atomic E-state index is 14.5. The maximum Gasteiger partial charge on any atom is 0.421 e. The van der Waals surface area contributed by atoms with Crippen molar-refractivity contribution in [3.05, 3.63) is 65.7 Å². The molecule has 188 valence electrons. The predicted octanol–water partition coefficient (Wildman–Crippen LogP) is 4.96. The zero-order chi connectivity index (χ0) is 25.7. The second-order valence-electron chi connectivity index (χ2n) is 11.0. The van der Waals surface area contributed by atoms with E-state index in [1.54, 1.807) is 57.2 Å². The van der Waals surface area contributed by atoms with E-state index in [0.717, 1.165) is 37.0 Å². The third kappa shape index (κ3) is 3.72. The van der Waals surface area contributed by atoms with Crippen molar-refractivity contribution in [2.24, 2.45) is 5.92 Å². The highest BCUT2D eigenvalue weighted by Gasteiger charge is 2.64. The minimum atomic E-state index is -1.51. The average Bonchev–Trinajstić information content (AvgIpc) is 3.29. The van der Waals surface area contributed by atoms with Crippen LogP contribution in [0.2, 0.25) is 0 Å². The molecule has 0 bridgehead atoms. The number of amides is 4. The highest BCUT2D eigenvalue weighted by Crippen LogP contribution is 2.54. The number of rotatable bonds is 3. The Kier molecular flexibility index (Phi) is 5.97. The largest absolute Gasteiger partial charge is 0.443 e. The van der Waals surface area contributed by atoms with Gasteiger partial charge < -0.3 is 4.74 Å². The zero-order valence-corrected chi connectivity index (χ0v) is 21.0. The summed E-state index contributed by atoms with van der Waals surface area (Å²) in [5.41, 5.74) is -0.808. The van der Waals surface area contributed by atoms with Gasteiger partial charge in [0.05, 0.1) is 11.6 Å². The molecule has 5 rings (SSSR count). The summed E-state index contributed by atoms with van der Waals surface area (Å²) in [4.78, 5) is 57.7. The number of hydrogen-bond acceptors (Lipinski definition) is 5. The van der Waals surface area contributed by atoms with Crippen LogP contribution in [0.3, 0.4) is 0 Å². The van der Waals surface area contributed by atoms with E-state index in [0.29, 0.717) is 16.8 Å². The highest BCUT2D eigenvalue weighted by atomic mass is 16.6. The summed E-state index contributed by atoms with van der Waals surface area (Å²) in [6.45, 7) is 5.22. The lowest BCUT2D eigenvalue weighted by atomic mass is 9.65. The molecule has 7 heteroatoms. The van der Waals surface area contributed by atoms with Gasteiger partial charge in [0, 0.05) is 12.5 Å². The van der Waals surface area contributed by atoms with E-state index < -0.39 is 28.9 Å². The number of nitrogens with zero attached hydrogens (tertiary/aromatic N) is 2. The molecule has 1 saturated heterocycles. The molecule has 2 heterocycles. The van der Waals surface area contributed by atoms with Crippen LogP contribution in [0, 0.1) is 5.92 Å². The summed E-state index contributed by atoms with van der Waals surface area (Å²) < 4.78 is 5.61. The van der Waals surface area contributed by atoms with Crippen molar-refractivity contribution in [3.8, 4) is 0 Å². The van der Waals surface area contributed by atoms with Gasteiger partial charge in [-0.2, -0.15) is 0 Å². The molecular weight excluding hydrogens is 456 g/mol. The Morgan fingerprint density at radius 3 is 2.22 bits per heavy atom. The van der Waals surface area contributed by atoms with Crippen LogP contribution in [0.4, 0.5) is 10.5 Å². The first-order chi connectivity index (χ1) is 17.2. The monoisotopic (exact) mass is 488 g/mol. The normalized spacial score (nSPS) is 24.9. The number of benzene rings is 2. The quantitative estimate of drug-likeness (QED) is 0.570. The molecule has 2 aliphatic heterocycles. The molecule has 0 N–H and O–H groups in total. The van der Waals surface area contributed by atoms with E-state index in [4.69, 9.17) is 4.74 Å². The van der Waals surface area contributed by atoms with Crippen LogP contribution in [0.25, 0.3) is 0 Å². The molecule has 2 aromatic rings. The minimum absolute atomic E-state index is 0.0769. The number of carbonyl (C=O) groups is 4. The Balaban J connectivity index is 1.67. The van der Waals surface area contributed by atoms with Crippen molar-refractivity contribution < 1.29 is 23.9 Å². The Bertz CT molecular complexity index is 1210. The molecule has 2 aromatic carbocycles. The Morgan fingerprint density at radius 2 is 1.56 bits per heavy atom. The van der Waals surface area contributed by atoms with Gasteiger partial charge in [-0.05, 0) is 50.8 Å². The zero-order valence-electron chi connectivity index (χ0n) is 21.0. The third-order valence-corrected chi connectivity index (χ3v) is 7.56. The Labute approximate surface area is 211 Å². The first-order valence-electron chi connectivity index (χ1n) is 12.7. The lowest BCUT2D eigenvalue weighted by molar-refractivity contribution is -0.144. The molecule has 3 aliphatic rings. The van der Waals surface area contributed by atoms with Crippen LogP contribution in [0.1, 0.15) is 70.4 Å². The molecule has 0 aromatic heterocycles. The fourth-order valence-corrected chi connectivity index (χ4v) is 6.12. The molecule has 2 fully saturated rings. The van der Waals surface area contributed by atoms with Gasteiger partial charge in [-0.1, -0.05) is 67.8 Å². The van der Waals surface area contributed by atoms with Gasteiger partial charge in [-0.25, -0.2) is 9.69 Å². The van der Waals surface area contributed by atoms with Gasteiger partial charge in [0.15, 0.2) is 0 Å². The van der Waals surface area contributed by atoms with Crippen LogP contribution < -0.4 is 4.90 Å². The fourth-order valence-electron chi connectivity index (χ4n) is 6.12. The van der Waals surface area contributed by atoms with E-state index in [-0.39, 0.29) is 24.3 Å². The number of fused-ring (bicyclic) bond motifs is 1. The van der Waals surface area contributed by atoms with Crippen LogP contribution in [-0.2, 0) is 24.5 Å². The van der Waals surface area contributed by atoms with Crippen molar-refractivity contribution in [2.75, 3.05) is 4.90 Å². The van der Waals surface area contributed by atoms with Gasteiger partial charge in [0.1, 0.15) is 11.0 Å². The second-order valence-corrected chi connectivity index (χ2v) is 11.0. The lowest BCUT2D eigenvalue weighted by Gasteiger charge is -2.35. The van der Waals surface area contributed by atoms with Gasteiger partial charge in [0.2, 0.25) is 11.8 Å². The molecule has 4 amide bonds. The standard InChI is InChI=1S/C29H32N2O5/c1-28(2,3)36-27(35)31-23-17-11-10-16-21(23)29(26(31)34,19-12-6-4-7-13-19)22-18-24(32)30(25(22)33)20-14-8-5-9-15-20/h4,6-7,10-13,16-17,20,22H,5,8-9,14-15,18H2,1-3H3/t22-,29-/m1/s1. The van der Waals surface area contributed by atoms with Crippen molar-refractivity contribution in [1.82, 2.24) is 4.90 Å². The molecule has 1 saturated carbocycles. The summed E-state index contributed by atoms with van der Waals surface area (Å²) in [6, 6.07) is 15.9. The van der Waals surface area contributed by atoms with E-state index in [9.17, 15) is 19.2 Å². The van der Waals surface area contributed by atoms with Crippen LogP contribution in [0.5, 0.6) is 0 Å². The number of hydrogen-bond donors (Lipinski definition) is 0. The fraction of sp³-hybridized carbons (Fsp3) is 0.448. The molecule has 2 atom stereocenters. The van der Waals surface area contributed by atoms with Crippen LogP contribution in [0.15, 0.2) is 54.6 Å². The summed E-state index contributed by atoms with van der Waals surface area (Å²) in [5, 5.41) is 0. The Hall–Kier alpha value is -3.48.